The van der Waals surface area contributed by atoms with E-state index in [-0.39, 0.29) is 5.91 Å². The van der Waals surface area contributed by atoms with Crippen molar-refractivity contribution in [3.63, 3.8) is 0 Å². The molecule has 0 bridgehead atoms. The summed E-state index contributed by atoms with van der Waals surface area (Å²) in [5, 5.41) is 0. The molecule has 3 N–H and O–H groups in total. The molecule has 0 fully saturated rings. The molecule has 14 heavy (non-hydrogen) atoms. The summed E-state index contributed by atoms with van der Waals surface area (Å²) in [6, 6.07) is 3.96. The maximum atomic E-state index is 10.8. The fraction of sp³-hybridized carbons (Fsp3) is 0.400. The number of aromatic nitrogens is 1. The zero-order chi connectivity index (χ0) is 10.2. The molecular weight excluding hydrogens is 178 g/mol. The van der Waals surface area contributed by atoms with Gasteiger partial charge in [-0.25, -0.2) is 5.84 Å². The van der Waals surface area contributed by atoms with Crippen molar-refractivity contribution in [3.8, 4) is 0 Å². The largest absolute Gasteiger partial charge is 0.294 e. The Labute approximate surface area is 83.5 Å². The molecule has 4 nitrogen and oxygen atoms in total. The highest BCUT2D eigenvalue weighted by Crippen LogP contribution is 2.04. The van der Waals surface area contributed by atoms with Crippen molar-refractivity contribution in [1.82, 2.24) is 10.4 Å². The van der Waals surface area contributed by atoms with E-state index in [4.69, 9.17) is 5.84 Å². The van der Waals surface area contributed by atoms with Crippen LogP contribution in [0.15, 0.2) is 24.5 Å². The lowest BCUT2D eigenvalue weighted by atomic mass is 10.1. The first-order valence-electron chi connectivity index (χ1n) is 4.71. The Morgan fingerprint density at radius 2 is 2.36 bits per heavy atom. The van der Waals surface area contributed by atoms with E-state index in [0.29, 0.717) is 6.42 Å². The van der Waals surface area contributed by atoms with Crippen molar-refractivity contribution in [2.45, 2.75) is 25.7 Å². The smallest absolute Gasteiger partial charge is 0.233 e. The van der Waals surface area contributed by atoms with Crippen LogP contribution in [0.3, 0.4) is 0 Å². The van der Waals surface area contributed by atoms with Gasteiger partial charge in [-0.15, -0.1) is 0 Å². The number of nitrogens with zero attached hydrogens (tertiary/aromatic N) is 1. The standard InChI is InChI=1S/C10H15N3O/c11-13-10(14)6-2-1-4-9-5-3-7-12-8-9/h3,5,7-8H,1-2,4,6,11H2,(H,13,14). The quantitative estimate of drug-likeness (QED) is 0.314. The summed E-state index contributed by atoms with van der Waals surface area (Å²) in [5.41, 5.74) is 3.32. The van der Waals surface area contributed by atoms with Crippen LogP contribution in [0.25, 0.3) is 0 Å². The van der Waals surface area contributed by atoms with E-state index in [1.54, 1.807) is 6.20 Å². The third kappa shape index (κ3) is 4.00. The number of hydrogen-bond acceptors (Lipinski definition) is 3. The zero-order valence-corrected chi connectivity index (χ0v) is 8.07. The van der Waals surface area contributed by atoms with Crippen molar-refractivity contribution in [3.05, 3.63) is 30.1 Å². The van der Waals surface area contributed by atoms with Crippen LogP contribution in [0.4, 0.5) is 0 Å². The fourth-order valence-corrected chi connectivity index (χ4v) is 1.23. The number of unbranched alkanes of at least 4 members (excludes halogenated alkanes) is 1. The highest BCUT2D eigenvalue weighted by atomic mass is 16.2. The topological polar surface area (TPSA) is 68.0 Å². The summed E-state index contributed by atoms with van der Waals surface area (Å²) in [6.07, 6.45) is 6.91. The second-order valence-corrected chi connectivity index (χ2v) is 3.14. The van der Waals surface area contributed by atoms with Crippen molar-refractivity contribution >= 4 is 5.91 Å². The predicted molar refractivity (Wildman–Crippen MR) is 54.1 cm³/mol. The first-order chi connectivity index (χ1) is 6.83. The number of nitrogens with one attached hydrogen (secondary N) is 1. The van der Waals surface area contributed by atoms with Gasteiger partial charge in [0.25, 0.3) is 0 Å². The van der Waals surface area contributed by atoms with E-state index >= 15 is 0 Å². The molecule has 4 heteroatoms. The second-order valence-electron chi connectivity index (χ2n) is 3.14. The second kappa shape index (κ2) is 6.10. The SMILES string of the molecule is NNC(=O)CCCCc1cccnc1. The zero-order valence-electron chi connectivity index (χ0n) is 8.07. The highest BCUT2D eigenvalue weighted by Gasteiger charge is 1.98. The average Bonchev–Trinajstić information content (AvgIpc) is 2.25. The van der Waals surface area contributed by atoms with Crippen LogP contribution in [0.5, 0.6) is 0 Å². The Morgan fingerprint density at radius 1 is 1.50 bits per heavy atom. The maximum Gasteiger partial charge on any atom is 0.233 e. The maximum absolute atomic E-state index is 10.8. The van der Waals surface area contributed by atoms with Crippen LogP contribution in [0.1, 0.15) is 24.8 Å². The van der Waals surface area contributed by atoms with Crippen LogP contribution in [0.2, 0.25) is 0 Å². The molecule has 0 aliphatic carbocycles. The molecule has 1 aromatic heterocycles. The van der Waals surface area contributed by atoms with Gasteiger partial charge in [-0.3, -0.25) is 15.2 Å². The van der Waals surface area contributed by atoms with Crippen LogP contribution in [-0.2, 0) is 11.2 Å². The fourth-order valence-electron chi connectivity index (χ4n) is 1.23. The third-order valence-corrected chi connectivity index (χ3v) is 2.00. The summed E-state index contributed by atoms with van der Waals surface area (Å²) in [6.45, 7) is 0. The Bertz CT molecular complexity index is 274. The van der Waals surface area contributed by atoms with E-state index in [0.717, 1.165) is 19.3 Å². The number of rotatable bonds is 5. The number of pyridine rings is 1. The lowest BCUT2D eigenvalue weighted by Crippen LogP contribution is -2.29. The van der Waals surface area contributed by atoms with Gasteiger partial charge in [-0.05, 0) is 30.9 Å². The molecule has 76 valence electrons. The minimum atomic E-state index is -0.101. The van der Waals surface area contributed by atoms with E-state index in [2.05, 4.69) is 10.4 Å². The lowest BCUT2D eigenvalue weighted by Gasteiger charge is -2.00. The Balaban J connectivity index is 2.13. The Morgan fingerprint density at radius 3 is 3.00 bits per heavy atom. The molecular formula is C10H15N3O. The molecule has 0 radical (unpaired) electrons. The van der Waals surface area contributed by atoms with Crippen LogP contribution in [-0.4, -0.2) is 10.9 Å². The van der Waals surface area contributed by atoms with Gasteiger partial charge in [0.15, 0.2) is 0 Å². The first-order valence-corrected chi connectivity index (χ1v) is 4.71. The summed E-state index contributed by atoms with van der Waals surface area (Å²) in [4.78, 5) is 14.8. The van der Waals surface area contributed by atoms with Crippen molar-refractivity contribution in [2.24, 2.45) is 5.84 Å². The molecule has 0 saturated heterocycles. The van der Waals surface area contributed by atoms with Crippen LogP contribution in [0, 0.1) is 0 Å². The molecule has 0 aliphatic rings. The Kier molecular flexibility index (Phi) is 4.64. The van der Waals surface area contributed by atoms with Crippen molar-refractivity contribution < 1.29 is 4.79 Å². The number of carbonyl (C=O) groups is 1. The minimum Gasteiger partial charge on any atom is -0.294 e. The first kappa shape index (κ1) is 10.7. The van der Waals surface area contributed by atoms with E-state index < -0.39 is 0 Å². The van der Waals surface area contributed by atoms with Crippen LogP contribution >= 0.6 is 0 Å². The Hall–Kier alpha value is -1.42. The highest BCUT2D eigenvalue weighted by molar-refractivity contribution is 5.75. The van der Waals surface area contributed by atoms with Gasteiger partial charge in [0.1, 0.15) is 0 Å². The molecule has 1 heterocycles. The van der Waals surface area contributed by atoms with Crippen molar-refractivity contribution in [2.75, 3.05) is 0 Å². The number of aryl methyl sites for hydroxylation is 1. The van der Waals surface area contributed by atoms with E-state index in [1.165, 1.54) is 5.56 Å². The van der Waals surface area contributed by atoms with Gasteiger partial charge in [-0.1, -0.05) is 6.07 Å². The van der Waals surface area contributed by atoms with Gasteiger partial charge in [0, 0.05) is 18.8 Å². The summed E-state index contributed by atoms with van der Waals surface area (Å²) in [5.74, 6) is 4.86. The van der Waals surface area contributed by atoms with Gasteiger partial charge >= 0.3 is 0 Å². The molecule has 0 saturated carbocycles. The molecule has 0 spiro atoms. The number of amides is 1. The van der Waals surface area contributed by atoms with Crippen LogP contribution < -0.4 is 11.3 Å². The van der Waals surface area contributed by atoms with Gasteiger partial charge < -0.3 is 0 Å². The molecule has 0 unspecified atom stereocenters. The third-order valence-electron chi connectivity index (χ3n) is 2.00. The molecule has 1 aromatic rings. The summed E-state index contributed by atoms with van der Waals surface area (Å²) in [7, 11) is 0. The number of nitrogens with two attached hydrogens (primary N) is 1. The molecule has 1 rings (SSSR count). The number of hydrazine groups is 1. The number of hydrogen-bond donors (Lipinski definition) is 2. The number of carbonyl (C=O) groups excluding carboxylic acids is 1. The normalized spacial score (nSPS) is 9.79. The summed E-state index contributed by atoms with van der Waals surface area (Å²) >= 11 is 0. The van der Waals surface area contributed by atoms with E-state index in [1.807, 2.05) is 18.3 Å². The summed E-state index contributed by atoms with van der Waals surface area (Å²) < 4.78 is 0. The average molecular weight is 193 g/mol. The van der Waals surface area contributed by atoms with Gasteiger partial charge in [0.05, 0.1) is 0 Å². The molecule has 0 aromatic carbocycles. The van der Waals surface area contributed by atoms with Crippen molar-refractivity contribution in [1.29, 1.82) is 0 Å². The molecule has 0 aliphatic heterocycles. The van der Waals surface area contributed by atoms with E-state index in [9.17, 15) is 4.79 Å². The molecule has 0 atom stereocenters. The predicted octanol–water partition coefficient (Wildman–Crippen LogP) is 0.784. The molecule has 1 amide bonds. The lowest BCUT2D eigenvalue weighted by molar-refractivity contribution is -0.121. The monoisotopic (exact) mass is 193 g/mol. The van der Waals surface area contributed by atoms with Gasteiger partial charge in [-0.2, -0.15) is 0 Å². The minimum absolute atomic E-state index is 0.101. The van der Waals surface area contributed by atoms with Gasteiger partial charge in [0.2, 0.25) is 5.91 Å².